The van der Waals surface area contributed by atoms with Gasteiger partial charge in [0.15, 0.2) is 11.5 Å². The van der Waals surface area contributed by atoms with Crippen LogP contribution in [0.5, 0.6) is 11.5 Å². The standard InChI is InChI=1S/C20H19NO7/c1-6-26-20(25)17-10(3)21-15(24)7-9(2)16-18(21)13(17)8-14(27-11(4)22)19(16)28-12(5)23/h7-8H,6H2,1-5H3. The van der Waals surface area contributed by atoms with Crippen LogP contribution in [0, 0.1) is 13.8 Å². The van der Waals surface area contributed by atoms with Crippen LogP contribution in [0.1, 0.15) is 42.4 Å². The lowest BCUT2D eigenvalue weighted by Gasteiger charge is -2.14. The summed E-state index contributed by atoms with van der Waals surface area (Å²) in [6.07, 6.45) is 0. The summed E-state index contributed by atoms with van der Waals surface area (Å²) >= 11 is 0. The van der Waals surface area contributed by atoms with Crippen molar-refractivity contribution < 1.29 is 28.6 Å². The molecule has 0 saturated heterocycles. The Morgan fingerprint density at radius 1 is 1.04 bits per heavy atom. The molecule has 0 fully saturated rings. The number of pyridine rings is 1. The summed E-state index contributed by atoms with van der Waals surface area (Å²) < 4.78 is 17.1. The Balaban J connectivity index is 2.56. The molecule has 0 aliphatic heterocycles. The van der Waals surface area contributed by atoms with Crippen molar-refractivity contribution >= 4 is 34.2 Å². The van der Waals surface area contributed by atoms with Crippen LogP contribution >= 0.6 is 0 Å². The fraction of sp³-hybridized carbons (Fsp3) is 0.300. The van der Waals surface area contributed by atoms with Crippen molar-refractivity contribution in [3.8, 4) is 11.5 Å². The largest absolute Gasteiger partial charge is 0.462 e. The number of hydrogen-bond donors (Lipinski definition) is 0. The highest BCUT2D eigenvalue weighted by molar-refractivity contribution is 6.14. The van der Waals surface area contributed by atoms with E-state index in [0.29, 0.717) is 27.5 Å². The Morgan fingerprint density at radius 2 is 1.68 bits per heavy atom. The van der Waals surface area contributed by atoms with Crippen LogP contribution in [0.15, 0.2) is 16.9 Å². The van der Waals surface area contributed by atoms with Gasteiger partial charge in [0.25, 0.3) is 5.56 Å². The molecule has 0 unspecified atom stereocenters. The van der Waals surface area contributed by atoms with E-state index in [1.54, 1.807) is 20.8 Å². The summed E-state index contributed by atoms with van der Waals surface area (Å²) in [6, 6.07) is 2.79. The van der Waals surface area contributed by atoms with Gasteiger partial charge >= 0.3 is 17.9 Å². The van der Waals surface area contributed by atoms with Gasteiger partial charge in [-0.05, 0) is 32.4 Å². The van der Waals surface area contributed by atoms with Gasteiger partial charge in [0.05, 0.1) is 17.7 Å². The predicted octanol–water partition coefficient (Wildman–Crippen LogP) is 2.53. The second-order valence-corrected chi connectivity index (χ2v) is 6.34. The molecule has 8 heteroatoms. The van der Waals surface area contributed by atoms with Gasteiger partial charge in [0.1, 0.15) is 0 Å². The van der Waals surface area contributed by atoms with Crippen molar-refractivity contribution in [2.45, 2.75) is 34.6 Å². The zero-order valence-electron chi connectivity index (χ0n) is 16.2. The summed E-state index contributed by atoms with van der Waals surface area (Å²) in [5.74, 6) is -1.84. The van der Waals surface area contributed by atoms with Gasteiger partial charge in [-0.1, -0.05) is 0 Å². The van der Waals surface area contributed by atoms with Crippen LogP contribution in [0.2, 0.25) is 0 Å². The molecule has 8 nitrogen and oxygen atoms in total. The van der Waals surface area contributed by atoms with Crippen LogP contribution in [0.3, 0.4) is 0 Å². The summed E-state index contributed by atoms with van der Waals surface area (Å²) in [7, 11) is 0. The molecule has 0 spiro atoms. The van der Waals surface area contributed by atoms with Crippen LogP contribution in [-0.4, -0.2) is 28.9 Å². The molecule has 0 amide bonds. The average Bonchev–Trinajstić information content (AvgIpc) is 2.85. The fourth-order valence-electron chi connectivity index (χ4n) is 3.43. The molecule has 0 bridgehead atoms. The van der Waals surface area contributed by atoms with Crippen LogP contribution in [0.25, 0.3) is 16.3 Å². The highest BCUT2D eigenvalue weighted by Crippen LogP contribution is 2.43. The zero-order valence-corrected chi connectivity index (χ0v) is 16.2. The molecule has 0 saturated carbocycles. The van der Waals surface area contributed by atoms with E-state index < -0.39 is 17.9 Å². The lowest BCUT2D eigenvalue weighted by Crippen LogP contribution is -2.15. The quantitative estimate of drug-likeness (QED) is 0.502. The second kappa shape index (κ2) is 6.95. The Bertz CT molecular complexity index is 1190. The average molecular weight is 385 g/mol. The molecule has 146 valence electrons. The summed E-state index contributed by atoms with van der Waals surface area (Å²) in [6.45, 7) is 7.56. The minimum absolute atomic E-state index is 0.0185. The van der Waals surface area contributed by atoms with E-state index in [-0.39, 0.29) is 29.2 Å². The van der Waals surface area contributed by atoms with E-state index in [2.05, 4.69) is 0 Å². The summed E-state index contributed by atoms with van der Waals surface area (Å²) in [4.78, 5) is 48.5. The second-order valence-electron chi connectivity index (χ2n) is 6.34. The fourth-order valence-corrected chi connectivity index (χ4v) is 3.43. The van der Waals surface area contributed by atoms with Gasteiger partial charge in [-0.2, -0.15) is 0 Å². The van der Waals surface area contributed by atoms with E-state index in [4.69, 9.17) is 14.2 Å². The molecule has 2 aromatic heterocycles. The highest BCUT2D eigenvalue weighted by atomic mass is 16.6. The lowest BCUT2D eigenvalue weighted by atomic mass is 10.0. The number of carbonyl (C=O) groups excluding carboxylic acids is 3. The molecule has 0 N–H and O–H groups in total. The lowest BCUT2D eigenvalue weighted by molar-refractivity contribution is -0.134. The number of benzene rings is 1. The number of rotatable bonds is 4. The van der Waals surface area contributed by atoms with Crippen molar-refractivity contribution in [2.75, 3.05) is 6.61 Å². The number of carbonyl (C=O) groups is 3. The molecule has 0 aliphatic carbocycles. The van der Waals surface area contributed by atoms with Crippen LogP contribution in [0.4, 0.5) is 0 Å². The molecule has 3 aromatic rings. The maximum Gasteiger partial charge on any atom is 0.340 e. The molecule has 28 heavy (non-hydrogen) atoms. The first-order chi connectivity index (χ1) is 13.2. The van der Waals surface area contributed by atoms with E-state index in [1.165, 1.54) is 30.4 Å². The minimum Gasteiger partial charge on any atom is -0.462 e. The first-order valence-corrected chi connectivity index (χ1v) is 8.66. The van der Waals surface area contributed by atoms with Crippen molar-refractivity contribution in [1.82, 2.24) is 4.40 Å². The first kappa shape index (κ1) is 19.3. The molecule has 3 rings (SSSR count). The van der Waals surface area contributed by atoms with Crippen molar-refractivity contribution in [3.63, 3.8) is 0 Å². The number of ether oxygens (including phenoxy) is 3. The Kier molecular flexibility index (Phi) is 4.80. The van der Waals surface area contributed by atoms with Gasteiger partial charge in [-0.25, -0.2) is 4.79 Å². The van der Waals surface area contributed by atoms with Gasteiger partial charge in [-0.3, -0.25) is 18.8 Å². The van der Waals surface area contributed by atoms with Crippen LogP contribution < -0.4 is 15.0 Å². The third kappa shape index (κ3) is 2.96. The van der Waals surface area contributed by atoms with E-state index in [0.717, 1.165) is 0 Å². The van der Waals surface area contributed by atoms with Crippen LogP contribution in [-0.2, 0) is 14.3 Å². The smallest absolute Gasteiger partial charge is 0.340 e. The summed E-state index contributed by atoms with van der Waals surface area (Å²) in [5, 5.41) is 0.779. The van der Waals surface area contributed by atoms with Gasteiger partial charge < -0.3 is 14.2 Å². The number of aryl methyl sites for hydroxylation is 2. The normalized spacial score (nSPS) is 11.0. The van der Waals surface area contributed by atoms with E-state index >= 15 is 0 Å². The SMILES string of the molecule is CCOC(=O)c1c(C)n2c(=O)cc(C)c3c(OC(C)=O)c(OC(C)=O)cc1c32. The van der Waals surface area contributed by atoms with Gasteiger partial charge in [0, 0.05) is 36.4 Å². The van der Waals surface area contributed by atoms with Gasteiger partial charge in [0.2, 0.25) is 0 Å². The molecule has 0 atom stereocenters. The molecule has 1 aromatic carbocycles. The maximum absolute atomic E-state index is 12.6. The minimum atomic E-state index is -0.623. The van der Waals surface area contributed by atoms with E-state index in [1.807, 2.05) is 0 Å². The van der Waals surface area contributed by atoms with Crippen molar-refractivity contribution in [3.05, 3.63) is 39.3 Å². The molecular weight excluding hydrogens is 366 g/mol. The predicted molar refractivity (Wildman–Crippen MR) is 100 cm³/mol. The third-order valence-electron chi connectivity index (χ3n) is 4.34. The Morgan fingerprint density at radius 3 is 2.25 bits per heavy atom. The van der Waals surface area contributed by atoms with Gasteiger partial charge in [-0.15, -0.1) is 0 Å². The summed E-state index contributed by atoms with van der Waals surface area (Å²) in [5.41, 5.74) is 1.16. The topological polar surface area (TPSA) is 100 Å². The number of hydrogen-bond acceptors (Lipinski definition) is 7. The molecule has 0 radical (unpaired) electrons. The number of nitrogens with zero attached hydrogens (tertiary/aromatic N) is 1. The molecule has 2 heterocycles. The molecular formula is C20H19NO7. The number of aromatic nitrogens is 1. The maximum atomic E-state index is 12.6. The third-order valence-corrected chi connectivity index (χ3v) is 4.34. The monoisotopic (exact) mass is 385 g/mol. The van der Waals surface area contributed by atoms with Crippen molar-refractivity contribution in [2.24, 2.45) is 0 Å². The Hall–Kier alpha value is -3.42. The van der Waals surface area contributed by atoms with E-state index in [9.17, 15) is 19.2 Å². The Labute approximate surface area is 159 Å². The zero-order chi connectivity index (χ0) is 20.7. The van der Waals surface area contributed by atoms with Crippen molar-refractivity contribution in [1.29, 1.82) is 0 Å². The first-order valence-electron chi connectivity index (χ1n) is 8.66. The number of esters is 3. The highest BCUT2D eigenvalue weighted by Gasteiger charge is 2.28. The molecule has 0 aliphatic rings.